The second-order valence-corrected chi connectivity index (χ2v) is 11.1. The van der Waals surface area contributed by atoms with Gasteiger partial charge in [0.05, 0.1) is 0 Å². The second-order valence-electron chi connectivity index (χ2n) is 11.1. The molecule has 0 saturated heterocycles. The van der Waals surface area contributed by atoms with Crippen molar-refractivity contribution in [2.45, 2.75) is 95.7 Å². The number of aromatic nitrogens is 1. The molecule has 0 aliphatic heterocycles. The number of nitrogens with zero attached hydrogens (tertiary/aromatic N) is 1. The molecule has 3 N–H and O–H groups in total. The zero-order valence-electron chi connectivity index (χ0n) is 21.4. The molecule has 2 saturated carbocycles. The van der Waals surface area contributed by atoms with E-state index in [1.165, 1.54) is 79.1 Å². The fourth-order valence-electron chi connectivity index (χ4n) is 6.50. The molecule has 0 amide bonds. The Morgan fingerprint density at radius 3 is 2.49 bits per heavy atom. The Bertz CT molecular complexity index is 1060. The van der Waals surface area contributed by atoms with Crippen LogP contribution in [0.4, 0.5) is 0 Å². The molecule has 1 unspecified atom stereocenters. The van der Waals surface area contributed by atoms with Crippen LogP contribution in [0, 0.1) is 12.8 Å². The number of fused-ring (bicyclic) bond motifs is 1. The van der Waals surface area contributed by atoms with Crippen molar-refractivity contribution < 1.29 is 0 Å². The molecule has 0 bridgehead atoms. The first-order valence-electron chi connectivity index (χ1n) is 13.8. The van der Waals surface area contributed by atoms with Crippen molar-refractivity contribution in [3.05, 3.63) is 71.4 Å². The Morgan fingerprint density at radius 2 is 1.71 bits per heavy atom. The molecule has 190 valence electrons. The molecule has 1 aromatic heterocycles. The van der Waals surface area contributed by atoms with Gasteiger partial charge in [0, 0.05) is 41.6 Å². The van der Waals surface area contributed by atoms with Gasteiger partial charge >= 0.3 is 0 Å². The maximum absolute atomic E-state index is 6.13. The van der Waals surface area contributed by atoms with E-state index in [1.807, 2.05) is 0 Å². The molecular formula is C31H44ClN3. The highest BCUT2D eigenvalue weighted by Crippen LogP contribution is 2.36. The van der Waals surface area contributed by atoms with Crippen molar-refractivity contribution in [1.29, 1.82) is 0 Å². The van der Waals surface area contributed by atoms with E-state index in [9.17, 15) is 0 Å². The SMILES string of the molecule is Cc1cccc(C(CCNC2CCC(N)CC2)c2cn(CC3CCCCC3)c3ccccc23)c1.Cl. The smallest absolute Gasteiger partial charge is 0.0483 e. The number of benzene rings is 2. The fraction of sp³-hybridized carbons (Fsp3) is 0.548. The molecular weight excluding hydrogens is 450 g/mol. The first-order chi connectivity index (χ1) is 16.7. The van der Waals surface area contributed by atoms with Crippen LogP contribution in [0.3, 0.4) is 0 Å². The maximum Gasteiger partial charge on any atom is 0.0483 e. The summed E-state index contributed by atoms with van der Waals surface area (Å²) in [6, 6.07) is 19.3. The zero-order chi connectivity index (χ0) is 23.3. The lowest BCUT2D eigenvalue weighted by Gasteiger charge is -2.28. The van der Waals surface area contributed by atoms with Crippen molar-refractivity contribution in [2.75, 3.05) is 6.54 Å². The molecule has 3 aromatic rings. The molecule has 35 heavy (non-hydrogen) atoms. The van der Waals surface area contributed by atoms with Gasteiger partial charge in [-0.3, -0.25) is 0 Å². The zero-order valence-corrected chi connectivity index (χ0v) is 22.2. The highest BCUT2D eigenvalue weighted by Gasteiger charge is 2.23. The Morgan fingerprint density at radius 1 is 0.943 bits per heavy atom. The molecule has 2 fully saturated rings. The van der Waals surface area contributed by atoms with Gasteiger partial charge in [-0.25, -0.2) is 0 Å². The average molecular weight is 494 g/mol. The van der Waals surface area contributed by atoms with E-state index in [-0.39, 0.29) is 12.4 Å². The van der Waals surface area contributed by atoms with E-state index in [1.54, 1.807) is 0 Å². The summed E-state index contributed by atoms with van der Waals surface area (Å²) in [4.78, 5) is 0. The minimum absolute atomic E-state index is 0. The summed E-state index contributed by atoms with van der Waals surface area (Å²) in [6.45, 7) is 4.44. The van der Waals surface area contributed by atoms with Crippen molar-refractivity contribution in [3.63, 3.8) is 0 Å². The highest BCUT2D eigenvalue weighted by atomic mass is 35.5. The third-order valence-corrected chi connectivity index (χ3v) is 8.46. The topological polar surface area (TPSA) is 43.0 Å². The van der Waals surface area contributed by atoms with Gasteiger partial charge in [-0.15, -0.1) is 12.4 Å². The summed E-state index contributed by atoms with van der Waals surface area (Å²) in [7, 11) is 0. The largest absolute Gasteiger partial charge is 0.347 e. The van der Waals surface area contributed by atoms with Gasteiger partial charge in [-0.2, -0.15) is 0 Å². The molecule has 5 rings (SSSR count). The number of nitrogens with two attached hydrogens (primary N) is 1. The van der Waals surface area contributed by atoms with Crippen LogP contribution in [-0.2, 0) is 6.54 Å². The van der Waals surface area contributed by atoms with E-state index >= 15 is 0 Å². The average Bonchev–Trinajstić information content (AvgIpc) is 3.22. The predicted octanol–water partition coefficient (Wildman–Crippen LogP) is 7.33. The highest BCUT2D eigenvalue weighted by molar-refractivity contribution is 5.85. The first kappa shape index (κ1) is 26.3. The third kappa shape index (κ3) is 6.50. The summed E-state index contributed by atoms with van der Waals surface area (Å²) in [5.74, 6) is 1.24. The summed E-state index contributed by atoms with van der Waals surface area (Å²) in [6.07, 6.45) is 15.4. The van der Waals surface area contributed by atoms with Crippen molar-refractivity contribution in [3.8, 4) is 0 Å². The van der Waals surface area contributed by atoms with Crippen LogP contribution < -0.4 is 11.1 Å². The molecule has 3 nitrogen and oxygen atoms in total. The normalized spacial score (nSPS) is 22.1. The number of hydrogen-bond acceptors (Lipinski definition) is 2. The molecule has 4 heteroatoms. The Hall–Kier alpha value is -1.81. The molecule has 0 radical (unpaired) electrons. The monoisotopic (exact) mass is 493 g/mol. The molecule has 0 spiro atoms. The number of rotatable bonds is 8. The van der Waals surface area contributed by atoms with Crippen molar-refractivity contribution in [2.24, 2.45) is 11.7 Å². The lowest BCUT2D eigenvalue weighted by atomic mass is 9.87. The minimum atomic E-state index is 0. The number of nitrogens with one attached hydrogen (secondary N) is 1. The van der Waals surface area contributed by atoms with Gasteiger partial charge in [-0.1, -0.05) is 67.3 Å². The predicted molar refractivity (Wildman–Crippen MR) is 152 cm³/mol. The fourth-order valence-corrected chi connectivity index (χ4v) is 6.50. The van der Waals surface area contributed by atoms with E-state index in [0.29, 0.717) is 18.0 Å². The van der Waals surface area contributed by atoms with Crippen LogP contribution in [0.2, 0.25) is 0 Å². The van der Waals surface area contributed by atoms with Gasteiger partial charge in [0.1, 0.15) is 0 Å². The van der Waals surface area contributed by atoms with Crippen LogP contribution in [0.1, 0.15) is 86.8 Å². The first-order valence-corrected chi connectivity index (χ1v) is 13.8. The lowest BCUT2D eigenvalue weighted by Crippen LogP contribution is -2.38. The quantitative estimate of drug-likeness (QED) is 0.345. The van der Waals surface area contributed by atoms with E-state index in [2.05, 4.69) is 71.5 Å². The van der Waals surface area contributed by atoms with Crippen LogP contribution in [0.25, 0.3) is 10.9 Å². The number of para-hydroxylation sites is 1. The van der Waals surface area contributed by atoms with Crippen LogP contribution in [0.5, 0.6) is 0 Å². The van der Waals surface area contributed by atoms with Crippen LogP contribution in [-0.4, -0.2) is 23.2 Å². The van der Waals surface area contributed by atoms with E-state index < -0.39 is 0 Å². The number of aryl methyl sites for hydroxylation is 1. The number of halogens is 1. The van der Waals surface area contributed by atoms with Crippen LogP contribution in [0.15, 0.2) is 54.7 Å². The van der Waals surface area contributed by atoms with E-state index in [0.717, 1.165) is 31.7 Å². The third-order valence-electron chi connectivity index (χ3n) is 8.46. The van der Waals surface area contributed by atoms with E-state index in [4.69, 9.17) is 5.73 Å². The van der Waals surface area contributed by atoms with Gasteiger partial charge in [0.2, 0.25) is 0 Å². The Kier molecular flexibility index (Phi) is 9.33. The molecule has 2 aliphatic carbocycles. The number of hydrogen-bond donors (Lipinski definition) is 2. The van der Waals surface area contributed by atoms with Gasteiger partial charge in [-0.05, 0) is 81.5 Å². The minimum Gasteiger partial charge on any atom is -0.347 e. The molecule has 1 atom stereocenters. The molecule has 1 heterocycles. The second kappa shape index (κ2) is 12.4. The van der Waals surface area contributed by atoms with Gasteiger partial charge in [0.15, 0.2) is 0 Å². The lowest BCUT2D eigenvalue weighted by molar-refractivity contribution is 0.322. The summed E-state index contributed by atoms with van der Waals surface area (Å²) >= 11 is 0. The molecule has 2 aromatic carbocycles. The maximum atomic E-state index is 6.13. The van der Waals surface area contributed by atoms with Gasteiger partial charge < -0.3 is 15.6 Å². The summed E-state index contributed by atoms with van der Waals surface area (Å²) in [5, 5.41) is 5.32. The standard InChI is InChI=1S/C31H43N3.ClH/c1-23-8-7-11-25(20-23)28(18-19-33-27-16-14-26(32)15-17-27)30-22-34(21-24-9-3-2-4-10-24)31-13-6-5-12-29(30)31;/h5-8,11-13,20,22,24,26-28,33H,2-4,9-10,14-19,21,32H2,1H3;1H. The molecule has 2 aliphatic rings. The Labute approximate surface area is 218 Å². The van der Waals surface area contributed by atoms with Crippen LogP contribution >= 0.6 is 12.4 Å². The van der Waals surface area contributed by atoms with Gasteiger partial charge in [0.25, 0.3) is 0 Å². The van der Waals surface area contributed by atoms with Crippen molar-refractivity contribution in [1.82, 2.24) is 9.88 Å². The summed E-state index contributed by atoms with van der Waals surface area (Å²) < 4.78 is 2.58. The summed E-state index contributed by atoms with van der Waals surface area (Å²) in [5.41, 5.74) is 11.8. The van der Waals surface area contributed by atoms with Crippen molar-refractivity contribution >= 4 is 23.3 Å². The Balaban J connectivity index is 0.00000289.